The molecule has 0 aliphatic carbocycles. The number of hydrogen-bond donors (Lipinski definition) is 2. The van der Waals surface area contributed by atoms with E-state index in [1.54, 1.807) is 0 Å². The van der Waals surface area contributed by atoms with E-state index in [1.807, 2.05) is 38.1 Å². The number of benzene rings is 1. The monoisotopic (exact) mass is 408 g/mol. The fourth-order valence-electron chi connectivity index (χ4n) is 2.71. The number of aromatic nitrogens is 1. The molecule has 2 aromatic rings. The van der Waals surface area contributed by atoms with Gasteiger partial charge in [0.15, 0.2) is 5.12 Å². The second-order valence-electron chi connectivity index (χ2n) is 6.81. The highest BCUT2D eigenvalue weighted by Crippen LogP contribution is 2.23. The van der Waals surface area contributed by atoms with E-state index < -0.39 is 17.9 Å². The molecular weight excluding hydrogens is 384 g/mol. The van der Waals surface area contributed by atoms with E-state index >= 15 is 0 Å². The number of aliphatic carboxylic acids is 1. The Hall–Kier alpha value is -1.93. The molecule has 1 amide bonds. The molecule has 27 heavy (non-hydrogen) atoms. The summed E-state index contributed by atoms with van der Waals surface area (Å²) in [5.41, 5.74) is 0.823. The third-order valence-electron chi connectivity index (χ3n) is 3.95. The van der Waals surface area contributed by atoms with Crippen LogP contribution in [0.4, 0.5) is 0 Å². The van der Waals surface area contributed by atoms with Crippen LogP contribution in [-0.4, -0.2) is 38.9 Å². The Morgan fingerprint density at radius 2 is 1.96 bits per heavy atom. The van der Waals surface area contributed by atoms with E-state index in [1.165, 1.54) is 18.3 Å². The first-order chi connectivity index (χ1) is 12.8. The molecule has 8 heteroatoms. The molecule has 2 N–H and O–H groups in total. The fourth-order valence-corrected chi connectivity index (χ4v) is 4.45. The van der Waals surface area contributed by atoms with Crippen molar-refractivity contribution >= 4 is 50.3 Å². The molecule has 0 saturated heterocycles. The van der Waals surface area contributed by atoms with E-state index in [2.05, 4.69) is 10.3 Å². The zero-order chi connectivity index (χ0) is 20.0. The average Bonchev–Trinajstić information content (AvgIpc) is 2.99. The molecule has 1 aromatic carbocycles. The van der Waals surface area contributed by atoms with Crippen LogP contribution in [0.1, 0.15) is 32.2 Å². The minimum absolute atomic E-state index is 0.0548. The third-order valence-corrected chi connectivity index (χ3v) is 5.98. The molecule has 6 nitrogen and oxygen atoms in total. The number of thiazole rings is 1. The second kappa shape index (κ2) is 9.85. The molecule has 1 aromatic heterocycles. The number of nitrogens with zero attached hydrogens (tertiary/aromatic N) is 1. The number of carbonyl (C=O) groups excluding carboxylic acids is 2. The summed E-state index contributed by atoms with van der Waals surface area (Å²) in [6, 6.07) is 6.55. The summed E-state index contributed by atoms with van der Waals surface area (Å²) in [5.74, 6) is -1.21. The lowest BCUT2D eigenvalue weighted by Gasteiger charge is -2.20. The molecule has 0 saturated carbocycles. The highest BCUT2D eigenvalue weighted by molar-refractivity contribution is 8.13. The van der Waals surface area contributed by atoms with Gasteiger partial charge in [-0.2, -0.15) is 0 Å². The standard InChI is InChI=1S/C19H24N2O4S2/c1-11(2)8-13(10-26-12(3)22)18(23)21-15(19(24)25)9-17-20-14-6-4-5-7-16(14)27-17/h4-7,11,13,15H,8-10H2,1-3H3,(H,21,23)(H,24,25)/t13-,15-/m0/s1. The molecule has 0 unspecified atom stereocenters. The fraction of sp³-hybridized carbons (Fsp3) is 0.474. The van der Waals surface area contributed by atoms with Gasteiger partial charge in [-0.15, -0.1) is 11.3 Å². The lowest BCUT2D eigenvalue weighted by molar-refractivity contribution is -0.142. The number of rotatable bonds is 9. The Labute approximate surface area is 166 Å². The first-order valence-corrected chi connectivity index (χ1v) is 10.6. The van der Waals surface area contributed by atoms with Gasteiger partial charge in [0.2, 0.25) is 5.91 Å². The zero-order valence-corrected chi connectivity index (χ0v) is 17.2. The first kappa shape index (κ1) is 21.4. The molecular formula is C19H24N2O4S2. The van der Waals surface area contributed by atoms with Crippen LogP contribution in [0.5, 0.6) is 0 Å². The maximum atomic E-state index is 12.7. The van der Waals surface area contributed by atoms with Crippen LogP contribution in [0.2, 0.25) is 0 Å². The molecule has 0 bridgehead atoms. The van der Waals surface area contributed by atoms with Crippen LogP contribution in [0, 0.1) is 11.8 Å². The smallest absolute Gasteiger partial charge is 0.326 e. The van der Waals surface area contributed by atoms with Crippen molar-refractivity contribution in [2.45, 2.75) is 39.7 Å². The van der Waals surface area contributed by atoms with Gasteiger partial charge in [-0.3, -0.25) is 9.59 Å². The number of amides is 1. The number of thioether (sulfide) groups is 1. The van der Waals surface area contributed by atoms with E-state index in [4.69, 9.17) is 0 Å². The number of fused-ring (bicyclic) bond motifs is 1. The Morgan fingerprint density at radius 1 is 1.26 bits per heavy atom. The summed E-state index contributed by atoms with van der Waals surface area (Å²) in [7, 11) is 0. The van der Waals surface area contributed by atoms with Crippen molar-refractivity contribution < 1.29 is 19.5 Å². The third kappa shape index (κ3) is 6.62. The quantitative estimate of drug-likeness (QED) is 0.660. The van der Waals surface area contributed by atoms with E-state index in [0.29, 0.717) is 17.2 Å². The van der Waals surface area contributed by atoms with Crippen molar-refractivity contribution in [3.8, 4) is 0 Å². The van der Waals surface area contributed by atoms with Crippen LogP contribution in [0.15, 0.2) is 24.3 Å². The van der Waals surface area contributed by atoms with Gasteiger partial charge in [0.1, 0.15) is 6.04 Å². The van der Waals surface area contributed by atoms with Crippen molar-refractivity contribution in [3.63, 3.8) is 0 Å². The minimum atomic E-state index is -1.09. The topological polar surface area (TPSA) is 96.4 Å². The molecule has 0 aliphatic rings. The minimum Gasteiger partial charge on any atom is -0.480 e. The van der Waals surface area contributed by atoms with Crippen LogP contribution in [0.25, 0.3) is 10.2 Å². The number of carbonyl (C=O) groups is 3. The normalized spacial score (nSPS) is 13.5. The predicted octanol–water partition coefficient (Wildman–Crippen LogP) is 3.35. The van der Waals surface area contributed by atoms with Crippen molar-refractivity contribution in [2.75, 3.05) is 5.75 Å². The number of nitrogens with one attached hydrogen (secondary N) is 1. The summed E-state index contributed by atoms with van der Waals surface area (Å²) >= 11 is 2.52. The van der Waals surface area contributed by atoms with Crippen molar-refractivity contribution in [2.24, 2.45) is 11.8 Å². The van der Waals surface area contributed by atoms with Crippen molar-refractivity contribution in [1.29, 1.82) is 0 Å². The lowest BCUT2D eigenvalue weighted by atomic mass is 9.97. The van der Waals surface area contributed by atoms with Crippen LogP contribution in [-0.2, 0) is 20.8 Å². The summed E-state index contributed by atoms with van der Waals surface area (Å²) < 4.78 is 0.985. The highest BCUT2D eigenvalue weighted by Gasteiger charge is 2.27. The lowest BCUT2D eigenvalue weighted by Crippen LogP contribution is -2.45. The van der Waals surface area contributed by atoms with Gasteiger partial charge in [-0.1, -0.05) is 37.7 Å². The van der Waals surface area contributed by atoms with Gasteiger partial charge in [-0.25, -0.2) is 9.78 Å². The number of para-hydroxylation sites is 1. The summed E-state index contributed by atoms with van der Waals surface area (Å²) in [6.45, 7) is 5.45. The van der Waals surface area contributed by atoms with Crippen LogP contribution >= 0.6 is 23.1 Å². The highest BCUT2D eigenvalue weighted by atomic mass is 32.2. The molecule has 0 fully saturated rings. The predicted molar refractivity (Wildman–Crippen MR) is 109 cm³/mol. The first-order valence-electron chi connectivity index (χ1n) is 8.77. The van der Waals surface area contributed by atoms with Gasteiger partial charge >= 0.3 is 5.97 Å². The average molecular weight is 409 g/mol. The second-order valence-corrected chi connectivity index (χ2v) is 9.12. The summed E-state index contributed by atoms with van der Waals surface area (Å²) in [5, 5.41) is 12.8. The van der Waals surface area contributed by atoms with E-state index in [-0.39, 0.29) is 23.4 Å². The summed E-state index contributed by atoms with van der Waals surface area (Å²) in [4.78, 5) is 40.0. The van der Waals surface area contributed by atoms with Gasteiger partial charge in [0, 0.05) is 25.0 Å². The van der Waals surface area contributed by atoms with E-state index in [9.17, 15) is 19.5 Å². The van der Waals surface area contributed by atoms with Gasteiger partial charge in [0.25, 0.3) is 0 Å². The maximum absolute atomic E-state index is 12.7. The Balaban J connectivity index is 2.08. The number of hydrogen-bond acceptors (Lipinski definition) is 6. The largest absolute Gasteiger partial charge is 0.480 e. The maximum Gasteiger partial charge on any atom is 0.326 e. The van der Waals surface area contributed by atoms with Crippen LogP contribution in [0.3, 0.4) is 0 Å². The zero-order valence-electron chi connectivity index (χ0n) is 15.6. The SMILES string of the molecule is CC(=O)SC[C@H](CC(C)C)C(=O)N[C@@H](Cc1nc2ccccc2s1)C(=O)O. The van der Waals surface area contributed by atoms with Crippen LogP contribution < -0.4 is 5.32 Å². The van der Waals surface area contributed by atoms with E-state index in [0.717, 1.165) is 22.0 Å². The Bertz CT molecular complexity index is 786. The molecule has 0 radical (unpaired) electrons. The molecule has 0 spiro atoms. The molecule has 1 heterocycles. The number of carboxylic acids is 1. The molecule has 0 aliphatic heterocycles. The number of carboxylic acid groups (broad SMARTS) is 1. The molecule has 146 valence electrons. The van der Waals surface area contributed by atoms with Crippen molar-refractivity contribution in [1.82, 2.24) is 10.3 Å². The molecule has 2 rings (SSSR count). The Morgan fingerprint density at radius 3 is 2.56 bits per heavy atom. The summed E-state index contributed by atoms with van der Waals surface area (Å²) in [6.07, 6.45) is 0.730. The van der Waals surface area contributed by atoms with Gasteiger partial charge in [-0.05, 0) is 24.5 Å². The molecule has 2 atom stereocenters. The van der Waals surface area contributed by atoms with Crippen molar-refractivity contribution in [3.05, 3.63) is 29.3 Å². The van der Waals surface area contributed by atoms with Gasteiger partial charge < -0.3 is 10.4 Å². The van der Waals surface area contributed by atoms with Gasteiger partial charge in [0.05, 0.1) is 15.2 Å². The Kier molecular flexibility index (Phi) is 7.79.